The highest BCUT2D eigenvalue weighted by Gasteiger charge is 2.52. The summed E-state index contributed by atoms with van der Waals surface area (Å²) in [5.41, 5.74) is -0.819. The molecule has 3 rings (SSSR count). The molecule has 0 fully saturated rings. The Hall–Kier alpha value is -3.80. The Morgan fingerprint density at radius 3 is 1.55 bits per heavy atom. The first kappa shape index (κ1) is 19.9. The molecule has 0 aromatic heterocycles. The van der Waals surface area contributed by atoms with E-state index in [1.54, 1.807) is 30.3 Å². The van der Waals surface area contributed by atoms with Gasteiger partial charge in [-0.3, -0.25) is 9.59 Å². The van der Waals surface area contributed by atoms with Crippen molar-refractivity contribution in [1.82, 2.24) is 0 Å². The summed E-state index contributed by atoms with van der Waals surface area (Å²) in [4.78, 5) is 25.1. The molecule has 0 amide bonds. The average Bonchev–Trinajstić information content (AvgIpc) is 2.70. The molecule has 3 aromatic rings. The Morgan fingerprint density at radius 2 is 1.17 bits per heavy atom. The first-order chi connectivity index (χ1) is 13.9. The Bertz CT molecular complexity index is 948. The standard InChI is InChI=1S/C23H20O6/c24-18-10-6-16(7-11-18)23(22(28)29,17-8-12-19(25)13-9-17)20(21(26)27)14-15-4-2-1-3-5-15/h1-13,20,24-25H,14H2,(H,26,27)(H,28,29). The summed E-state index contributed by atoms with van der Waals surface area (Å²) >= 11 is 0. The molecule has 0 aliphatic heterocycles. The fraction of sp³-hybridized carbons (Fsp3) is 0.130. The molecule has 0 aliphatic rings. The molecule has 0 bridgehead atoms. The van der Waals surface area contributed by atoms with E-state index < -0.39 is 23.3 Å². The molecule has 3 aromatic carbocycles. The predicted octanol–water partition coefficient (Wildman–Crippen LogP) is 3.41. The van der Waals surface area contributed by atoms with Crippen molar-refractivity contribution < 1.29 is 30.0 Å². The van der Waals surface area contributed by atoms with Crippen LogP contribution in [0.25, 0.3) is 0 Å². The van der Waals surface area contributed by atoms with Gasteiger partial charge in [0.15, 0.2) is 0 Å². The minimum Gasteiger partial charge on any atom is -0.508 e. The number of hydrogen-bond donors (Lipinski definition) is 4. The van der Waals surface area contributed by atoms with Gasteiger partial charge < -0.3 is 20.4 Å². The second-order valence-electron chi connectivity index (χ2n) is 6.79. The van der Waals surface area contributed by atoms with Crippen LogP contribution < -0.4 is 0 Å². The smallest absolute Gasteiger partial charge is 0.319 e. The summed E-state index contributed by atoms with van der Waals surface area (Å²) in [6, 6.07) is 19.8. The van der Waals surface area contributed by atoms with Gasteiger partial charge in [-0.25, -0.2) is 0 Å². The Balaban J connectivity index is 2.29. The summed E-state index contributed by atoms with van der Waals surface area (Å²) in [5.74, 6) is -4.08. The summed E-state index contributed by atoms with van der Waals surface area (Å²) in [7, 11) is 0. The molecule has 0 heterocycles. The molecule has 0 aliphatic carbocycles. The van der Waals surface area contributed by atoms with Crippen LogP contribution >= 0.6 is 0 Å². The highest BCUT2D eigenvalue weighted by molar-refractivity contribution is 5.93. The third kappa shape index (κ3) is 3.78. The predicted molar refractivity (Wildman–Crippen MR) is 106 cm³/mol. The van der Waals surface area contributed by atoms with Crippen molar-refractivity contribution in [2.75, 3.05) is 0 Å². The molecule has 29 heavy (non-hydrogen) atoms. The molecule has 1 unspecified atom stereocenters. The van der Waals surface area contributed by atoms with Crippen LogP contribution in [-0.2, 0) is 21.4 Å². The zero-order valence-corrected chi connectivity index (χ0v) is 15.4. The molecule has 148 valence electrons. The second kappa shape index (κ2) is 8.06. The van der Waals surface area contributed by atoms with Gasteiger partial charge in [0.05, 0.1) is 5.92 Å². The van der Waals surface area contributed by atoms with Gasteiger partial charge in [-0.1, -0.05) is 54.6 Å². The van der Waals surface area contributed by atoms with E-state index in [4.69, 9.17) is 0 Å². The number of aliphatic carboxylic acids is 2. The topological polar surface area (TPSA) is 115 Å². The summed E-state index contributed by atoms with van der Waals surface area (Å²) in [6.45, 7) is 0. The molecule has 0 saturated heterocycles. The van der Waals surface area contributed by atoms with Crippen molar-refractivity contribution in [3.05, 3.63) is 95.6 Å². The van der Waals surface area contributed by atoms with E-state index in [0.29, 0.717) is 5.56 Å². The largest absolute Gasteiger partial charge is 0.508 e. The van der Waals surface area contributed by atoms with Gasteiger partial charge in [0.2, 0.25) is 0 Å². The van der Waals surface area contributed by atoms with E-state index in [2.05, 4.69) is 0 Å². The van der Waals surface area contributed by atoms with E-state index in [-0.39, 0.29) is 29.0 Å². The maximum Gasteiger partial charge on any atom is 0.319 e. The first-order valence-corrected chi connectivity index (χ1v) is 8.95. The number of carbonyl (C=O) groups is 2. The Morgan fingerprint density at radius 1 is 0.724 bits per heavy atom. The Kier molecular flexibility index (Phi) is 5.54. The lowest BCUT2D eigenvalue weighted by Gasteiger charge is -2.36. The van der Waals surface area contributed by atoms with Gasteiger partial charge in [0, 0.05) is 0 Å². The average molecular weight is 392 g/mol. The third-order valence-corrected chi connectivity index (χ3v) is 5.09. The number of hydrogen-bond acceptors (Lipinski definition) is 4. The van der Waals surface area contributed by atoms with E-state index in [9.17, 15) is 30.0 Å². The zero-order chi connectivity index (χ0) is 21.0. The minimum absolute atomic E-state index is 0.0236. The number of benzene rings is 3. The van der Waals surface area contributed by atoms with Gasteiger partial charge in [-0.15, -0.1) is 0 Å². The maximum atomic E-state index is 12.7. The van der Waals surface area contributed by atoms with E-state index in [0.717, 1.165) is 0 Å². The van der Waals surface area contributed by atoms with Gasteiger partial charge >= 0.3 is 11.9 Å². The number of carboxylic acid groups (broad SMARTS) is 2. The lowest BCUT2D eigenvalue weighted by atomic mass is 9.64. The zero-order valence-electron chi connectivity index (χ0n) is 15.4. The van der Waals surface area contributed by atoms with Crippen LogP contribution in [0.1, 0.15) is 16.7 Å². The maximum absolute atomic E-state index is 12.7. The number of rotatable bonds is 7. The lowest BCUT2D eigenvalue weighted by molar-refractivity contribution is -0.154. The quantitative estimate of drug-likeness (QED) is 0.490. The van der Waals surface area contributed by atoms with Gasteiger partial charge in [0.1, 0.15) is 16.9 Å². The summed E-state index contributed by atoms with van der Waals surface area (Å²) in [6.07, 6.45) is -0.0236. The molecule has 6 nitrogen and oxygen atoms in total. The fourth-order valence-corrected chi connectivity index (χ4v) is 3.69. The highest BCUT2D eigenvalue weighted by atomic mass is 16.4. The number of carboxylic acids is 2. The van der Waals surface area contributed by atoms with Crippen LogP contribution in [0.15, 0.2) is 78.9 Å². The SMILES string of the molecule is O=C(O)C(Cc1ccccc1)C(C(=O)O)(c1ccc(O)cc1)c1ccc(O)cc1. The van der Waals surface area contributed by atoms with Crippen LogP contribution in [0.2, 0.25) is 0 Å². The number of aromatic hydroxyl groups is 2. The molecule has 0 radical (unpaired) electrons. The lowest BCUT2D eigenvalue weighted by Crippen LogP contribution is -2.48. The van der Waals surface area contributed by atoms with Crippen molar-refractivity contribution in [3.63, 3.8) is 0 Å². The fourth-order valence-electron chi connectivity index (χ4n) is 3.69. The first-order valence-electron chi connectivity index (χ1n) is 8.95. The third-order valence-electron chi connectivity index (χ3n) is 5.09. The van der Waals surface area contributed by atoms with Crippen molar-refractivity contribution >= 4 is 11.9 Å². The summed E-state index contributed by atoms with van der Waals surface area (Å²) in [5, 5.41) is 39.8. The van der Waals surface area contributed by atoms with Gasteiger partial charge in [-0.05, 0) is 47.4 Å². The molecule has 4 N–H and O–H groups in total. The molecule has 1 atom stereocenters. The van der Waals surface area contributed by atoms with Crippen LogP contribution in [0.4, 0.5) is 0 Å². The monoisotopic (exact) mass is 392 g/mol. The number of phenolic OH excluding ortho intramolecular Hbond substituents is 2. The Labute approximate surface area is 167 Å². The molecule has 6 heteroatoms. The van der Waals surface area contributed by atoms with Crippen LogP contribution in [0.5, 0.6) is 11.5 Å². The van der Waals surface area contributed by atoms with E-state index >= 15 is 0 Å². The molecule has 0 spiro atoms. The van der Waals surface area contributed by atoms with Crippen molar-refractivity contribution in [2.24, 2.45) is 5.92 Å². The van der Waals surface area contributed by atoms with Gasteiger partial charge in [-0.2, -0.15) is 0 Å². The van der Waals surface area contributed by atoms with Crippen LogP contribution in [0.3, 0.4) is 0 Å². The van der Waals surface area contributed by atoms with E-state index in [1.165, 1.54) is 48.5 Å². The van der Waals surface area contributed by atoms with Gasteiger partial charge in [0.25, 0.3) is 0 Å². The van der Waals surface area contributed by atoms with Crippen molar-refractivity contribution in [2.45, 2.75) is 11.8 Å². The van der Waals surface area contributed by atoms with E-state index in [1.807, 2.05) is 0 Å². The van der Waals surface area contributed by atoms with Crippen LogP contribution in [-0.4, -0.2) is 32.4 Å². The molecular formula is C23H20O6. The highest BCUT2D eigenvalue weighted by Crippen LogP contribution is 2.42. The van der Waals surface area contributed by atoms with Crippen molar-refractivity contribution in [1.29, 1.82) is 0 Å². The summed E-state index contributed by atoms with van der Waals surface area (Å²) < 4.78 is 0. The minimum atomic E-state index is -1.94. The molecule has 0 saturated carbocycles. The number of phenols is 2. The molecular weight excluding hydrogens is 372 g/mol. The normalized spacial score (nSPS) is 12.3. The van der Waals surface area contributed by atoms with Crippen LogP contribution in [0, 0.1) is 5.92 Å². The van der Waals surface area contributed by atoms with Crippen molar-refractivity contribution in [3.8, 4) is 11.5 Å². The second-order valence-corrected chi connectivity index (χ2v) is 6.79.